The van der Waals surface area contributed by atoms with Gasteiger partial charge in [-0.3, -0.25) is 4.31 Å². The smallest absolute Gasteiger partial charge is 0.388 e. The van der Waals surface area contributed by atoms with Gasteiger partial charge in [-0.2, -0.15) is 0 Å². The summed E-state index contributed by atoms with van der Waals surface area (Å²) < 4.78 is 19.0. The fourth-order valence-electron chi connectivity index (χ4n) is 1.05. The van der Waals surface area contributed by atoms with E-state index in [1.165, 1.54) is 25.2 Å². The highest BCUT2D eigenvalue weighted by molar-refractivity contribution is 8.11. The third-order valence-corrected chi connectivity index (χ3v) is 2.58. The maximum absolute atomic E-state index is 13.3. The zero-order valence-corrected chi connectivity index (χ0v) is 10.8. The first-order chi connectivity index (χ1) is 8.54. The predicted octanol–water partition coefficient (Wildman–Crippen LogP) is 3.09. The summed E-state index contributed by atoms with van der Waals surface area (Å²) in [5.41, 5.74) is 0.0545. The number of para-hydroxylation sites is 1. The van der Waals surface area contributed by atoms with Crippen LogP contribution in [0.2, 0.25) is 0 Å². The van der Waals surface area contributed by atoms with E-state index in [1.54, 1.807) is 13.0 Å². The minimum atomic E-state index is -0.613. The van der Waals surface area contributed by atoms with Gasteiger partial charge in [0, 0.05) is 7.05 Å². The molecular weight excluding hydrogens is 259 g/mol. The van der Waals surface area contributed by atoms with Gasteiger partial charge in [-0.1, -0.05) is 12.1 Å². The second-order valence-corrected chi connectivity index (χ2v) is 4.25. The molecule has 1 rings (SSSR count). The molecule has 1 N–H and O–H groups in total. The van der Waals surface area contributed by atoms with Crippen LogP contribution in [-0.4, -0.2) is 29.3 Å². The van der Waals surface area contributed by atoms with Crippen LogP contribution in [0.4, 0.5) is 19.7 Å². The standard InChI is InChI=1S/C11H13FN2O3S/c1-3-17-11(16)18-14(2)10(15)13-9-7-5-4-6-8(9)12/h4-7H,3H2,1-2H3,(H,13,15). The number of urea groups is 1. The summed E-state index contributed by atoms with van der Waals surface area (Å²) in [5.74, 6) is -0.541. The Morgan fingerprint density at radius 2 is 2.11 bits per heavy atom. The number of amides is 2. The largest absolute Gasteiger partial charge is 0.457 e. The summed E-state index contributed by atoms with van der Waals surface area (Å²) in [7, 11) is 1.39. The summed E-state index contributed by atoms with van der Waals surface area (Å²) in [5, 5.41) is 1.75. The lowest BCUT2D eigenvalue weighted by molar-refractivity contribution is 0.180. The molecule has 1 aromatic carbocycles. The molecule has 0 aliphatic rings. The van der Waals surface area contributed by atoms with E-state index >= 15 is 0 Å². The maximum Gasteiger partial charge on any atom is 0.388 e. The Balaban J connectivity index is 2.55. The monoisotopic (exact) mass is 272 g/mol. The first kappa shape index (κ1) is 14.3. The number of halogens is 1. The van der Waals surface area contributed by atoms with Gasteiger partial charge in [-0.25, -0.2) is 14.0 Å². The van der Waals surface area contributed by atoms with E-state index < -0.39 is 17.1 Å². The van der Waals surface area contributed by atoms with Gasteiger partial charge in [-0.15, -0.1) is 0 Å². The normalized spacial score (nSPS) is 9.72. The number of nitrogens with one attached hydrogen (secondary N) is 1. The van der Waals surface area contributed by atoms with Crippen LogP contribution in [-0.2, 0) is 4.74 Å². The van der Waals surface area contributed by atoms with Gasteiger partial charge >= 0.3 is 11.3 Å². The molecule has 0 unspecified atom stereocenters. The molecule has 0 aliphatic heterocycles. The predicted molar refractivity (Wildman–Crippen MR) is 67.8 cm³/mol. The summed E-state index contributed by atoms with van der Waals surface area (Å²) in [6, 6.07) is 5.15. The van der Waals surface area contributed by atoms with Crippen LogP contribution in [0.3, 0.4) is 0 Å². The van der Waals surface area contributed by atoms with Crippen LogP contribution in [0, 0.1) is 5.82 Å². The average Bonchev–Trinajstić information content (AvgIpc) is 2.32. The van der Waals surface area contributed by atoms with Crippen molar-refractivity contribution in [1.82, 2.24) is 4.31 Å². The minimum absolute atomic E-state index is 0.0545. The Kier molecular flexibility index (Phi) is 5.44. The van der Waals surface area contributed by atoms with Crippen molar-refractivity contribution >= 4 is 29.0 Å². The zero-order valence-electron chi connectivity index (χ0n) is 9.97. The Morgan fingerprint density at radius 3 is 2.72 bits per heavy atom. The Labute approximate surface area is 108 Å². The molecule has 0 atom stereocenters. The van der Waals surface area contributed by atoms with Crippen molar-refractivity contribution in [3.63, 3.8) is 0 Å². The topological polar surface area (TPSA) is 58.6 Å². The van der Waals surface area contributed by atoms with E-state index in [1.807, 2.05) is 0 Å². The molecule has 0 radical (unpaired) electrons. The number of ether oxygens (including phenoxy) is 1. The zero-order chi connectivity index (χ0) is 13.5. The molecule has 0 aromatic heterocycles. The second-order valence-electron chi connectivity index (χ2n) is 3.18. The van der Waals surface area contributed by atoms with Crippen LogP contribution in [0.1, 0.15) is 6.92 Å². The van der Waals surface area contributed by atoms with Gasteiger partial charge in [0.05, 0.1) is 24.2 Å². The highest BCUT2D eigenvalue weighted by Gasteiger charge is 2.16. The van der Waals surface area contributed by atoms with Gasteiger partial charge < -0.3 is 10.1 Å². The summed E-state index contributed by atoms with van der Waals surface area (Å²) in [4.78, 5) is 22.7. The number of anilines is 1. The molecule has 0 bridgehead atoms. The van der Waals surface area contributed by atoms with E-state index in [2.05, 4.69) is 10.1 Å². The average molecular weight is 272 g/mol. The van der Waals surface area contributed by atoms with Crippen molar-refractivity contribution < 1.29 is 18.7 Å². The molecule has 0 spiro atoms. The highest BCUT2D eigenvalue weighted by Crippen LogP contribution is 2.16. The quantitative estimate of drug-likeness (QED) is 0.664. The van der Waals surface area contributed by atoms with Crippen molar-refractivity contribution in [1.29, 1.82) is 0 Å². The van der Waals surface area contributed by atoms with Gasteiger partial charge in [0.15, 0.2) is 0 Å². The van der Waals surface area contributed by atoms with Crippen molar-refractivity contribution in [2.24, 2.45) is 0 Å². The van der Waals surface area contributed by atoms with Gasteiger partial charge in [0.25, 0.3) is 0 Å². The summed E-state index contributed by atoms with van der Waals surface area (Å²) in [6.45, 7) is 1.90. The van der Waals surface area contributed by atoms with Crippen molar-refractivity contribution in [2.45, 2.75) is 6.92 Å². The minimum Gasteiger partial charge on any atom is -0.457 e. The number of rotatable bonds is 2. The third kappa shape index (κ3) is 4.25. The van der Waals surface area contributed by atoms with Crippen molar-refractivity contribution in [3.05, 3.63) is 30.1 Å². The first-order valence-electron chi connectivity index (χ1n) is 5.18. The molecule has 5 nitrogen and oxygen atoms in total. The summed E-state index contributed by atoms with van der Waals surface area (Å²) in [6.07, 6.45) is 0. The van der Waals surface area contributed by atoms with E-state index in [0.717, 1.165) is 4.31 Å². The number of carbonyl (C=O) groups excluding carboxylic acids is 2. The lowest BCUT2D eigenvalue weighted by Crippen LogP contribution is -2.27. The number of hydrogen-bond acceptors (Lipinski definition) is 4. The molecule has 7 heteroatoms. The third-order valence-electron chi connectivity index (χ3n) is 1.88. The maximum atomic E-state index is 13.3. The Morgan fingerprint density at radius 1 is 1.44 bits per heavy atom. The number of nitrogens with zero attached hydrogens (tertiary/aromatic N) is 1. The Bertz CT molecular complexity index is 442. The molecule has 0 saturated carbocycles. The van der Waals surface area contributed by atoms with Crippen LogP contribution >= 0.6 is 11.9 Å². The lowest BCUT2D eigenvalue weighted by Gasteiger charge is -2.15. The molecule has 0 saturated heterocycles. The Hall–Kier alpha value is -1.76. The highest BCUT2D eigenvalue weighted by atomic mass is 32.2. The molecular formula is C11H13FN2O3S. The molecule has 1 aromatic rings. The van der Waals surface area contributed by atoms with E-state index in [0.29, 0.717) is 11.9 Å². The fourth-order valence-corrected chi connectivity index (χ4v) is 1.58. The first-order valence-corrected chi connectivity index (χ1v) is 5.96. The second kappa shape index (κ2) is 6.85. The van der Waals surface area contributed by atoms with Crippen LogP contribution in [0.15, 0.2) is 24.3 Å². The molecule has 18 heavy (non-hydrogen) atoms. The van der Waals surface area contributed by atoms with Crippen LogP contribution in [0.25, 0.3) is 0 Å². The van der Waals surface area contributed by atoms with Crippen LogP contribution < -0.4 is 5.32 Å². The molecule has 0 aliphatic carbocycles. The molecule has 0 heterocycles. The molecule has 98 valence electrons. The fraction of sp³-hybridized carbons (Fsp3) is 0.273. The number of benzene rings is 1. The van der Waals surface area contributed by atoms with E-state index in [9.17, 15) is 14.0 Å². The SMILES string of the molecule is CCOC(=O)SN(C)C(=O)Nc1ccccc1F. The lowest BCUT2D eigenvalue weighted by atomic mass is 10.3. The van der Waals surface area contributed by atoms with Crippen LogP contribution in [0.5, 0.6) is 0 Å². The van der Waals surface area contributed by atoms with Crippen molar-refractivity contribution in [3.8, 4) is 0 Å². The number of carbonyl (C=O) groups is 2. The van der Waals surface area contributed by atoms with Gasteiger partial charge in [-0.05, 0) is 19.1 Å². The van der Waals surface area contributed by atoms with E-state index in [4.69, 9.17) is 0 Å². The van der Waals surface area contributed by atoms with Crippen molar-refractivity contribution in [2.75, 3.05) is 19.0 Å². The summed E-state index contributed by atoms with van der Waals surface area (Å²) >= 11 is 0.595. The van der Waals surface area contributed by atoms with Gasteiger partial charge in [0.2, 0.25) is 0 Å². The number of hydrogen-bond donors (Lipinski definition) is 1. The van der Waals surface area contributed by atoms with Gasteiger partial charge in [0.1, 0.15) is 5.82 Å². The van der Waals surface area contributed by atoms with E-state index in [-0.39, 0.29) is 12.3 Å². The molecule has 2 amide bonds. The molecule has 0 fully saturated rings.